The van der Waals surface area contributed by atoms with Crippen LogP contribution in [0.4, 0.5) is 0 Å². The topological polar surface area (TPSA) is 80.4 Å². The van der Waals surface area contributed by atoms with Crippen molar-refractivity contribution in [2.75, 3.05) is 0 Å². The lowest BCUT2D eigenvalue weighted by Gasteiger charge is -2.07. The number of hydrogen-bond donors (Lipinski definition) is 2. The van der Waals surface area contributed by atoms with Crippen LogP contribution in [0.5, 0.6) is 0 Å². The van der Waals surface area contributed by atoms with E-state index < -0.39 is 10.1 Å². The number of benzene rings is 1. The van der Waals surface area contributed by atoms with Gasteiger partial charge in [-0.1, -0.05) is 12.1 Å². The number of nitrogens with two attached hydrogens (primary N) is 1. The molecular weight excluding hydrogens is 190 g/mol. The zero-order chi connectivity index (χ0) is 10.1. The average Bonchev–Trinajstić information content (AvgIpc) is 2.02. The fourth-order valence-corrected chi connectivity index (χ4v) is 1.98. The zero-order valence-electron chi connectivity index (χ0n) is 7.19. The van der Waals surface area contributed by atoms with Gasteiger partial charge in [-0.2, -0.15) is 8.42 Å². The van der Waals surface area contributed by atoms with Gasteiger partial charge in [-0.05, 0) is 24.1 Å². The van der Waals surface area contributed by atoms with Gasteiger partial charge in [0.2, 0.25) is 0 Å². The number of rotatable bonds is 2. The molecule has 13 heavy (non-hydrogen) atoms. The van der Waals surface area contributed by atoms with Crippen LogP contribution >= 0.6 is 0 Å². The average molecular weight is 201 g/mol. The second kappa shape index (κ2) is 3.45. The Morgan fingerprint density at radius 1 is 1.46 bits per heavy atom. The van der Waals surface area contributed by atoms with E-state index in [0.29, 0.717) is 5.56 Å². The Morgan fingerprint density at radius 2 is 2.08 bits per heavy atom. The van der Waals surface area contributed by atoms with Gasteiger partial charge in [0, 0.05) is 6.54 Å². The first-order chi connectivity index (χ1) is 5.96. The molecule has 0 aliphatic heterocycles. The molecule has 0 spiro atoms. The van der Waals surface area contributed by atoms with E-state index in [0.717, 1.165) is 5.56 Å². The molecule has 1 rings (SSSR count). The van der Waals surface area contributed by atoms with Crippen molar-refractivity contribution in [3.05, 3.63) is 29.3 Å². The number of aryl methyl sites for hydroxylation is 1. The SMILES string of the molecule is Cc1cccc(S(=O)(=O)O)c1CN. The van der Waals surface area contributed by atoms with Gasteiger partial charge in [0.1, 0.15) is 0 Å². The van der Waals surface area contributed by atoms with Crippen molar-refractivity contribution >= 4 is 10.1 Å². The Morgan fingerprint density at radius 3 is 2.46 bits per heavy atom. The maximum Gasteiger partial charge on any atom is 0.294 e. The largest absolute Gasteiger partial charge is 0.326 e. The lowest BCUT2D eigenvalue weighted by Crippen LogP contribution is -2.08. The standard InChI is InChI=1S/C8H11NO3S/c1-6-3-2-4-8(7(6)5-9)13(10,11)12/h2-4H,5,9H2,1H3,(H,10,11,12). The van der Waals surface area contributed by atoms with E-state index in [-0.39, 0.29) is 11.4 Å². The molecule has 4 nitrogen and oxygen atoms in total. The lowest BCUT2D eigenvalue weighted by atomic mass is 10.1. The molecule has 72 valence electrons. The van der Waals surface area contributed by atoms with Crippen molar-refractivity contribution < 1.29 is 13.0 Å². The van der Waals surface area contributed by atoms with Crippen LogP contribution < -0.4 is 5.73 Å². The van der Waals surface area contributed by atoms with E-state index in [2.05, 4.69) is 0 Å². The van der Waals surface area contributed by atoms with E-state index in [1.54, 1.807) is 19.1 Å². The van der Waals surface area contributed by atoms with Gasteiger partial charge < -0.3 is 5.73 Å². The second-order valence-corrected chi connectivity index (χ2v) is 4.12. The maximum absolute atomic E-state index is 10.9. The summed E-state index contributed by atoms with van der Waals surface area (Å²) in [6, 6.07) is 4.65. The van der Waals surface area contributed by atoms with Gasteiger partial charge >= 0.3 is 0 Å². The Hall–Kier alpha value is -0.910. The van der Waals surface area contributed by atoms with E-state index >= 15 is 0 Å². The van der Waals surface area contributed by atoms with Gasteiger partial charge in [-0.25, -0.2) is 0 Å². The molecule has 0 aliphatic rings. The third-order valence-electron chi connectivity index (χ3n) is 1.85. The summed E-state index contributed by atoms with van der Waals surface area (Å²) < 4.78 is 30.6. The summed E-state index contributed by atoms with van der Waals surface area (Å²) in [6.07, 6.45) is 0. The zero-order valence-corrected chi connectivity index (χ0v) is 8.00. The highest BCUT2D eigenvalue weighted by Gasteiger charge is 2.14. The van der Waals surface area contributed by atoms with Gasteiger partial charge in [0.15, 0.2) is 0 Å². The molecule has 0 heterocycles. The summed E-state index contributed by atoms with van der Waals surface area (Å²) >= 11 is 0. The fraction of sp³-hybridized carbons (Fsp3) is 0.250. The van der Waals surface area contributed by atoms with Crippen LogP contribution in [0.25, 0.3) is 0 Å². The monoisotopic (exact) mass is 201 g/mol. The van der Waals surface area contributed by atoms with Gasteiger partial charge in [0.05, 0.1) is 4.90 Å². The normalized spacial score (nSPS) is 11.6. The highest BCUT2D eigenvalue weighted by atomic mass is 32.2. The van der Waals surface area contributed by atoms with Crippen LogP contribution in [-0.2, 0) is 16.7 Å². The Balaban J connectivity index is 3.47. The summed E-state index contributed by atoms with van der Waals surface area (Å²) in [6.45, 7) is 1.85. The van der Waals surface area contributed by atoms with Gasteiger partial charge in [-0.15, -0.1) is 0 Å². The predicted molar refractivity (Wildman–Crippen MR) is 48.9 cm³/mol. The van der Waals surface area contributed by atoms with E-state index in [9.17, 15) is 8.42 Å². The highest BCUT2D eigenvalue weighted by molar-refractivity contribution is 7.85. The first-order valence-corrected chi connectivity index (χ1v) is 5.17. The summed E-state index contributed by atoms with van der Waals surface area (Å²) in [5.74, 6) is 0. The van der Waals surface area contributed by atoms with Crippen molar-refractivity contribution in [1.29, 1.82) is 0 Å². The minimum Gasteiger partial charge on any atom is -0.326 e. The van der Waals surface area contributed by atoms with Crippen molar-refractivity contribution in [1.82, 2.24) is 0 Å². The van der Waals surface area contributed by atoms with Crippen LogP contribution in [0.15, 0.2) is 23.1 Å². The molecule has 1 aromatic carbocycles. The molecule has 0 aromatic heterocycles. The minimum atomic E-state index is -4.15. The predicted octanol–water partition coefficient (Wildman–Crippen LogP) is 0.700. The van der Waals surface area contributed by atoms with Crippen molar-refractivity contribution in [3.63, 3.8) is 0 Å². The fourth-order valence-electron chi connectivity index (χ4n) is 1.18. The van der Waals surface area contributed by atoms with Crippen LogP contribution in [-0.4, -0.2) is 13.0 Å². The van der Waals surface area contributed by atoms with Gasteiger partial charge in [-0.3, -0.25) is 4.55 Å². The molecule has 1 aromatic rings. The molecule has 0 radical (unpaired) electrons. The molecule has 0 aliphatic carbocycles. The third-order valence-corrected chi connectivity index (χ3v) is 2.79. The van der Waals surface area contributed by atoms with E-state index in [4.69, 9.17) is 10.3 Å². The quantitative estimate of drug-likeness (QED) is 0.690. The third kappa shape index (κ3) is 2.06. The van der Waals surface area contributed by atoms with E-state index in [1.165, 1.54) is 6.07 Å². The minimum absolute atomic E-state index is 0.0990. The Kier molecular flexibility index (Phi) is 2.70. The molecule has 3 N–H and O–H groups in total. The smallest absolute Gasteiger partial charge is 0.294 e. The molecule has 0 bridgehead atoms. The van der Waals surface area contributed by atoms with Crippen molar-refractivity contribution in [2.24, 2.45) is 5.73 Å². The van der Waals surface area contributed by atoms with Crippen LogP contribution in [0.3, 0.4) is 0 Å². The molecule has 0 saturated carbocycles. The van der Waals surface area contributed by atoms with Gasteiger partial charge in [0.25, 0.3) is 10.1 Å². The molecule has 5 heteroatoms. The highest BCUT2D eigenvalue weighted by Crippen LogP contribution is 2.18. The molecule has 0 unspecified atom stereocenters. The number of hydrogen-bond acceptors (Lipinski definition) is 3. The summed E-state index contributed by atoms with van der Waals surface area (Å²) in [7, 11) is -4.15. The lowest BCUT2D eigenvalue weighted by molar-refractivity contribution is 0.482. The summed E-state index contributed by atoms with van der Waals surface area (Å²) in [4.78, 5) is -0.102. The maximum atomic E-state index is 10.9. The van der Waals surface area contributed by atoms with Crippen molar-refractivity contribution in [2.45, 2.75) is 18.4 Å². The first kappa shape index (κ1) is 10.2. The molecule has 0 fully saturated rings. The van der Waals surface area contributed by atoms with Crippen LogP contribution in [0.1, 0.15) is 11.1 Å². The summed E-state index contributed by atoms with van der Waals surface area (Å²) in [5.41, 5.74) is 6.60. The van der Waals surface area contributed by atoms with Crippen LogP contribution in [0.2, 0.25) is 0 Å². The summed E-state index contributed by atoms with van der Waals surface area (Å²) in [5, 5.41) is 0. The first-order valence-electron chi connectivity index (χ1n) is 3.73. The molecule has 0 saturated heterocycles. The Labute approximate surface area is 77.1 Å². The van der Waals surface area contributed by atoms with E-state index in [1.807, 2.05) is 0 Å². The molecular formula is C8H11NO3S. The van der Waals surface area contributed by atoms with Crippen molar-refractivity contribution in [3.8, 4) is 0 Å². The molecule has 0 atom stereocenters. The van der Waals surface area contributed by atoms with Crippen LogP contribution in [0, 0.1) is 6.92 Å². The molecule has 0 amide bonds. The second-order valence-electron chi connectivity index (χ2n) is 2.73. The Bertz CT molecular complexity index is 411.